The lowest BCUT2D eigenvalue weighted by Crippen LogP contribution is -2.18. The highest BCUT2D eigenvalue weighted by molar-refractivity contribution is 6.06. The van der Waals surface area contributed by atoms with Crippen molar-refractivity contribution in [1.82, 2.24) is 14.0 Å². The van der Waals surface area contributed by atoms with Crippen LogP contribution in [0.25, 0.3) is 16.7 Å². The van der Waals surface area contributed by atoms with E-state index in [0.717, 1.165) is 11.1 Å². The zero-order chi connectivity index (χ0) is 24.5. The summed E-state index contributed by atoms with van der Waals surface area (Å²) in [6.45, 7) is 2.29. The third-order valence-electron chi connectivity index (χ3n) is 5.95. The summed E-state index contributed by atoms with van der Waals surface area (Å²) in [4.78, 5) is 31.6. The van der Waals surface area contributed by atoms with Crippen LogP contribution in [0.1, 0.15) is 21.6 Å². The maximum Gasteiger partial charge on any atom is 0.272 e. The number of nitrogens with one attached hydrogen (secondary N) is 1. The molecule has 0 spiro atoms. The van der Waals surface area contributed by atoms with Crippen LogP contribution in [0.4, 0.5) is 5.69 Å². The summed E-state index contributed by atoms with van der Waals surface area (Å²) in [7, 11) is 3.09. The molecule has 0 saturated heterocycles. The van der Waals surface area contributed by atoms with Crippen molar-refractivity contribution in [3.63, 3.8) is 0 Å². The highest BCUT2D eigenvalue weighted by atomic mass is 16.5. The monoisotopic (exact) mass is 468 g/mol. The van der Waals surface area contributed by atoms with Gasteiger partial charge in [-0.25, -0.2) is 4.98 Å². The van der Waals surface area contributed by atoms with Gasteiger partial charge in [0, 0.05) is 24.5 Å². The second-order valence-corrected chi connectivity index (χ2v) is 8.16. The fraction of sp³-hybridized carbons (Fsp3) is 0.148. The Balaban J connectivity index is 1.66. The topological polar surface area (TPSA) is 86.9 Å². The van der Waals surface area contributed by atoms with Crippen LogP contribution in [0.2, 0.25) is 0 Å². The predicted molar refractivity (Wildman–Crippen MR) is 135 cm³/mol. The molecule has 0 radical (unpaired) electrons. The van der Waals surface area contributed by atoms with E-state index in [4.69, 9.17) is 14.5 Å². The lowest BCUT2D eigenvalue weighted by Gasteiger charge is -2.13. The molecule has 0 unspecified atom stereocenters. The molecule has 0 bridgehead atoms. The fourth-order valence-corrected chi connectivity index (χ4v) is 4.18. The number of hydrogen-bond donors (Lipinski definition) is 1. The van der Waals surface area contributed by atoms with Crippen LogP contribution in [0, 0.1) is 6.92 Å². The fourth-order valence-electron chi connectivity index (χ4n) is 4.18. The van der Waals surface area contributed by atoms with Crippen molar-refractivity contribution in [3.8, 4) is 11.5 Å². The first-order valence-corrected chi connectivity index (χ1v) is 11.1. The maximum atomic E-state index is 13.5. The summed E-state index contributed by atoms with van der Waals surface area (Å²) in [5.74, 6) is 0.691. The minimum Gasteiger partial charge on any atom is -0.493 e. The summed E-state index contributed by atoms with van der Waals surface area (Å²) in [5.41, 5.74) is 3.52. The molecule has 8 heteroatoms. The van der Waals surface area contributed by atoms with Crippen molar-refractivity contribution in [2.75, 3.05) is 19.5 Å². The molecule has 0 saturated carbocycles. The van der Waals surface area contributed by atoms with Gasteiger partial charge in [-0.15, -0.1) is 0 Å². The number of hydrogen-bond acceptors (Lipinski definition) is 5. The molecular formula is C27H24N4O4. The Bertz CT molecular complexity index is 1620. The molecule has 35 heavy (non-hydrogen) atoms. The number of anilines is 1. The number of methoxy groups -OCH3 is 2. The van der Waals surface area contributed by atoms with Crippen molar-refractivity contribution >= 4 is 28.3 Å². The SMILES string of the molecule is COc1ccc(NC(=O)c2cc3c(=O)n4cccc(C)c4nc3n2Cc2ccccc2)cc1OC. The van der Waals surface area contributed by atoms with Crippen LogP contribution in [0.3, 0.4) is 0 Å². The van der Waals surface area contributed by atoms with Crippen molar-refractivity contribution in [2.45, 2.75) is 13.5 Å². The average molecular weight is 469 g/mol. The van der Waals surface area contributed by atoms with E-state index in [9.17, 15) is 9.59 Å². The zero-order valence-electron chi connectivity index (χ0n) is 19.6. The van der Waals surface area contributed by atoms with Crippen molar-refractivity contribution < 1.29 is 14.3 Å². The molecule has 0 fully saturated rings. The van der Waals surface area contributed by atoms with Crippen molar-refractivity contribution in [3.05, 3.63) is 100 Å². The van der Waals surface area contributed by atoms with Crippen molar-refractivity contribution in [1.29, 1.82) is 0 Å². The van der Waals surface area contributed by atoms with E-state index >= 15 is 0 Å². The van der Waals surface area contributed by atoms with E-state index in [1.165, 1.54) is 11.5 Å². The Kier molecular flexibility index (Phi) is 5.70. The molecule has 0 aliphatic carbocycles. The molecule has 0 aliphatic rings. The van der Waals surface area contributed by atoms with Gasteiger partial charge in [0.25, 0.3) is 11.5 Å². The average Bonchev–Trinajstić information content (AvgIpc) is 3.24. The molecule has 3 aromatic heterocycles. The van der Waals surface area contributed by atoms with Gasteiger partial charge < -0.3 is 19.4 Å². The Hall–Kier alpha value is -4.59. The van der Waals surface area contributed by atoms with Gasteiger partial charge >= 0.3 is 0 Å². The number of benzene rings is 2. The van der Waals surface area contributed by atoms with Gasteiger partial charge in [0.2, 0.25) is 0 Å². The molecule has 3 heterocycles. The summed E-state index contributed by atoms with van der Waals surface area (Å²) in [5, 5.41) is 3.29. The standard InChI is InChI=1S/C27H24N4O4/c1-17-8-7-13-30-24(17)29-25-20(27(30)33)15-21(31(25)16-18-9-5-4-6-10-18)26(32)28-19-11-12-22(34-2)23(14-19)35-3/h4-15H,16H2,1-3H3,(H,28,32). The van der Waals surface area contributed by atoms with Gasteiger partial charge in [-0.05, 0) is 42.3 Å². The van der Waals surface area contributed by atoms with Gasteiger partial charge in [-0.1, -0.05) is 36.4 Å². The summed E-state index contributed by atoms with van der Waals surface area (Å²) in [6.07, 6.45) is 1.69. The quantitative estimate of drug-likeness (QED) is 0.402. The number of aromatic nitrogens is 3. The second-order valence-electron chi connectivity index (χ2n) is 8.16. The number of aryl methyl sites for hydroxylation is 1. The third-order valence-corrected chi connectivity index (χ3v) is 5.95. The van der Waals surface area contributed by atoms with Gasteiger partial charge in [0.15, 0.2) is 11.5 Å². The first-order chi connectivity index (χ1) is 17.0. The Morgan fingerprint density at radius 2 is 1.71 bits per heavy atom. The largest absolute Gasteiger partial charge is 0.493 e. The maximum absolute atomic E-state index is 13.5. The van der Waals surface area contributed by atoms with Crippen LogP contribution < -0.4 is 20.3 Å². The molecule has 176 valence electrons. The van der Waals surface area contributed by atoms with Crippen LogP contribution in [0.5, 0.6) is 11.5 Å². The predicted octanol–water partition coefficient (Wildman–Crippen LogP) is 4.28. The smallest absolute Gasteiger partial charge is 0.272 e. The molecular weight excluding hydrogens is 444 g/mol. The Morgan fingerprint density at radius 1 is 0.943 bits per heavy atom. The van der Waals surface area contributed by atoms with E-state index < -0.39 is 0 Å². The zero-order valence-corrected chi connectivity index (χ0v) is 19.6. The molecule has 1 amide bonds. The Morgan fingerprint density at radius 3 is 2.46 bits per heavy atom. The van der Waals surface area contributed by atoms with Crippen LogP contribution >= 0.6 is 0 Å². The normalized spacial score (nSPS) is 11.1. The highest BCUT2D eigenvalue weighted by Gasteiger charge is 2.21. The van der Waals surface area contributed by atoms with Gasteiger partial charge in [0.05, 0.1) is 19.6 Å². The molecule has 8 nitrogen and oxygen atoms in total. The number of amides is 1. The minimum absolute atomic E-state index is 0.222. The first kappa shape index (κ1) is 22.2. The van der Waals surface area contributed by atoms with Gasteiger partial charge in [-0.3, -0.25) is 14.0 Å². The summed E-state index contributed by atoms with van der Waals surface area (Å²) < 4.78 is 13.9. The van der Waals surface area contributed by atoms with E-state index in [-0.39, 0.29) is 11.5 Å². The van der Waals surface area contributed by atoms with Crippen LogP contribution in [0.15, 0.2) is 77.7 Å². The summed E-state index contributed by atoms with van der Waals surface area (Å²) >= 11 is 0. The lowest BCUT2D eigenvalue weighted by molar-refractivity contribution is 0.101. The number of carbonyl (C=O) groups excluding carboxylic acids is 1. The van der Waals surface area contributed by atoms with Gasteiger partial charge in [0.1, 0.15) is 17.0 Å². The number of rotatable bonds is 6. The second kappa shape index (κ2) is 8.98. The van der Waals surface area contributed by atoms with E-state index in [2.05, 4.69) is 5.32 Å². The molecule has 0 atom stereocenters. The number of ether oxygens (including phenoxy) is 2. The summed E-state index contributed by atoms with van der Waals surface area (Å²) in [6, 6.07) is 20.2. The third kappa shape index (κ3) is 3.99. The highest BCUT2D eigenvalue weighted by Crippen LogP contribution is 2.30. The minimum atomic E-state index is -0.365. The van der Waals surface area contributed by atoms with Crippen LogP contribution in [-0.2, 0) is 6.54 Å². The molecule has 5 aromatic rings. The molecule has 2 aromatic carbocycles. The number of nitrogens with zero attached hydrogens (tertiary/aromatic N) is 3. The van der Waals surface area contributed by atoms with E-state index in [0.29, 0.717) is 46.1 Å². The Labute approximate surface area is 201 Å². The number of fused-ring (bicyclic) bond motifs is 2. The molecule has 0 aliphatic heterocycles. The number of carbonyl (C=O) groups is 1. The van der Waals surface area contributed by atoms with Crippen LogP contribution in [-0.4, -0.2) is 34.1 Å². The molecule has 5 rings (SSSR count). The first-order valence-electron chi connectivity index (χ1n) is 11.1. The van der Waals surface area contributed by atoms with E-state index in [1.54, 1.807) is 42.1 Å². The molecule has 1 N–H and O–H groups in total. The lowest BCUT2D eigenvalue weighted by atomic mass is 10.2. The van der Waals surface area contributed by atoms with Gasteiger partial charge in [-0.2, -0.15) is 0 Å². The van der Waals surface area contributed by atoms with E-state index in [1.807, 2.05) is 49.4 Å². The van der Waals surface area contributed by atoms with Crippen molar-refractivity contribution in [2.24, 2.45) is 0 Å². The number of pyridine rings is 1.